The van der Waals surface area contributed by atoms with Crippen LogP contribution in [0.4, 0.5) is 4.39 Å². The van der Waals surface area contributed by atoms with Crippen LogP contribution in [0, 0.1) is 5.82 Å². The average Bonchev–Trinajstić information content (AvgIpc) is 3.08. The van der Waals surface area contributed by atoms with Crippen molar-refractivity contribution in [3.05, 3.63) is 34.7 Å². The first-order valence-electron chi connectivity index (χ1n) is 6.07. The highest BCUT2D eigenvalue weighted by Gasteiger charge is 2.15. The maximum absolute atomic E-state index is 13.1. The van der Waals surface area contributed by atoms with E-state index in [1.165, 1.54) is 12.1 Å². The van der Waals surface area contributed by atoms with Crippen LogP contribution in [-0.2, 0) is 6.54 Å². The molecule has 0 saturated heterocycles. The summed E-state index contributed by atoms with van der Waals surface area (Å²) in [7, 11) is 0. The molecule has 0 aliphatic carbocycles. The Kier molecular flexibility index (Phi) is 3.76. The van der Waals surface area contributed by atoms with Gasteiger partial charge in [-0.2, -0.15) is 4.98 Å². The standard InChI is InChI=1S/C12H10BrFN6O/c13-9-5-7(14)1-2-8(9)11-16-12(21-18-11)10-6-20(4-3-15)19-17-10/h1-2,5-6H,3-4,15H2. The Balaban J connectivity index is 1.91. The summed E-state index contributed by atoms with van der Waals surface area (Å²) in [4.78, 5) is 4.24. The lowest BCUT2D eigenvalue weighted by Gasteiger charge is -1.97. The predicted octanol–water partition coefficient (Wildman–Crippen LogP) is 1.86. The molecule has 0 amide bonds. The molecule has 0 atom stereocenters. The summed E-state index contributed by atoms with van der Waals surface area (Å²) in [5, 5.41) is 11.7. The van der Waals surface area contributed by atoms with E-state index in [-0.39, 0.29) is 11.7 Å². The number of benzene rings is 1. The van der Waals surface area contributed by atoms with Crippen LogP contribution in [0.25, 0.3) is 23.0 Å². The second-order valence-corrected chi connectivity index (χ2v) is 5.06. The van der Waals surface area contributed by atoms with Gasteiger partial charge in [0, 0.05) is 16.6 Å². The van der Waals surface area contributed by atoms with Gasteiger partial charge in [-0.25, -0.2) is 4.39 Å². The molecule has 0 aliphatic heterocycles. The number of hydrogen-bond donors (Lipinski definition) is 1. The monoisotopic (exact) mass is 352 g/mol. The zero-order chi connectivity index (χ0) is 14.8. The Morgan fingerprint density at radius 1 is 1.38 bits per heavy atom. The summed E-state index contributed by atoms with van der Waals surface area (Å²) >= 11 is 3.27. The number of aromatic nitrogens is 5. The van der Waals surface area contributed by atoms with E-state index in [1.807, 2.05) is 0 Å². The molecule has 0 spiro atoms. The maximum atomic E-state index is 13.1. The van der Waals surface area contributed by atoms with Crippen molar-refractivity contribution in [1.82, 2.24) is 25.1 Å². The second-order valence-electron chi connectivity index (χ2n) is 4.20. The third-order valence-corrected chi connectivity index (χ3v) is 3.37. The van der Waals surface area contributed by atoms with Crippen LogP contribution in [0.5, 0.6) is 0 Å². The highest BCUT2D eigenvalue weighted by molar-refractivity contribution is 9.10. The van der Waals surface area contributed by atoms with E-state index in [0.29, 0.717) is 34.6 Å². The van der Waals surface area contributed by atoms with E-state index in [1.54, 1.807) is 16.9 Å². The Morgan fingerprint density at radius 2 is 2.24 bits per heavy atom. The van der Waals surface area contributed by atoms with Crippen molar-refractivity contribution in [2.75, 3.05) is 6.54 Å². The third-order valence-electron chi connectivity index (χ3n) is 2.71. The van der Waals surface area contributed by atoms with Crippen LogP contribution in [0.15, 0.2) is 33.4 Å². The van der Waals surface area contributed by atoms with Gasteiger partial charge in [0.05, 0.1) is 12.7 Å². The minimum Gasteiger partial charge on any atom is -0.332 e. The average molecular weight is 353 g/mol. The zero-order valence-corrected chi connectivity index (χ0v) is 12.3. The van der Waals surface area contributed by atoms with Crippen LogP contribution >= 0.6 is 15.9 Å². The summed E-state index contributed by atoms with van der Waals surface area (Å²) in [6.07, 6.45) is 1.67. The van der Waals surface area contributed by atoms with Crippen LogP contribution in [0.1, 0.15) is 0 Å². The van der Waals surface area contributed by atoms with Gasteiger partial charge in [-0.15, -0.1) is 5.10 Å². The molecular formula is C12H10BrFN6O. The fraction of sp³-hybridized carbons (Fsp3) is 0.167. The molecule has 108 valence electrons. The second kappa shape index (κ2) is 5.70. The Labute approximate surface area is 127 Å². The number of rotatable bonds is 4. The van der Waals surface area contributed by atoms with Gasteiger partial charge < -0.3 is 10.3 Å². The molecular weight excluding hydrogens is 343 g/mol. The molecule has 0 aliphatic rings. The molecule has 0 unspecified atom stereocenters. The van der Waals surface area contributed by atoms with E-state index in [2.05, 4.69) is 36.4 Å². The molecule has 2 aromatic heterocycles. The quantitative estimate of drug-likeness (QED) is 0.769. The fourth-order valence-corrected chi connectivity index (χ4v) is 2.27. The van der Waals surface area contributed by atoms with E-state index in [4.69, 9.17) is 10.3 Å². The lowest BCUT2D eigenvalue weighted by atomic mass is 10.2. The minimum absolute atomic E-state index is 0.240. The maximum Gasteiger partial charge on any atom is 0.280 e. The molecule has 7 nitrogen and oxygen atoms in total. The molecule has 0 fully saturated rings. The highest BCUT2D eigenvalue weighted by atomic mass is 79.9. The van der Waals surface area contributed by atoms with Gasteiger partial charge in [0.2, 0.25) is 5.82 Å². The molecule has 0 radical (unpaired) electrons. The van der Waals surface area contributed by atoms with Crippen LogP contribution in [-0.4, -0.2) is 31.7 Å². The van der Waals surface area contributed by atoms with Gasteiger partial charge in [-0.1, -0.05) is 10.4 Å². The fourth-order valence-electron chi connectivity index (χ4n) is 1.75. The van der Waals surface area contributed by atoms with E-state index >= 15 is 0 Å². The first-order valence-corrected chi connectivity index (χ1v) is 6.86. The van der Waals surface area contributed by atoms with E-state index < -0.39 is 0 Å². The summed E-state index contributed by atoms with van der Waals surface area (Å²) < 4.78 is 20.4. The predicted molar refractivity (Wildman–Crippen MR) is 75.5 cm³/mol. The molecule has 3 aromatic rings. The lowest BCUT2D eigenvalue weighted by Crippen LogP contribution is -2.10. The Bertz CT molecular complexity index is 771. The van der Waals surface area contributed by atoms with Crippen molar-refractivity contribution in [2.24, 2.45) is 5.73 Å². The molecule has 2 heterocycles. The summed E-state index contributed by atoms with van der Waals surface area (Å²) in [6, 6.07) is 4.23. The summed E-state index contributed by atoms with van der Waals surface area (Å²) in [5.74, 6) is 0.230. The largest absolute Gasteiger partial charge is 0.332 e. The minimum atomic E-state index is -0.348. The Morgan fingerprint density at radius 3 is 3.00 bits per heavy atom. The number of halogens is 2. The van der Waals surface area contributed by atoms with Gasteiger partial charge in [-0.3, -0.25) is 4.68 Å². The van der Waals surface area contributed by atoms with E-state index in [0.717, 1.165) is 0 Å². The molecule has 9 heteroatoms. The number of nitrogens with two attached hydrogens (primary N) is 1. The molecule has 0 saturated carbocycles. The van der Waals surface area contributed by atoms with Gasteiger partial charge in [-0.05, 0) is 34.1 Å². The highest BCUT2D eigenvalue weighted by Crippen LogP contribution is 2.28. The van der Waals surface area contributed by atoms with Gasteiger partial charge in [0.25, 0.3) is 5.89 Å². The summed E-state index contributed by atoms with van der Waals surface area (Å²) in [5.41, 5.74) is 6.53. The molecule has 21 heavy (non-hydrogen) atoms. The normalized spacial score (nSPS) is 11.0. The molecule has 0 bridgehead atoms. The van der Waals surface area contributed by atoms with Gasteiger partial charge >= 0.3 is 0 Å². The van der Waals surface area contributed by atoms with Crippen molar-refractivity contribution in [2.45, 2.75) is 6.54 Å². The first kappa shape index (κ1) is 13.8. The Hall–Kier alpha value is -2.13. The van der Waals surface area contributed by atoms with Crippen molar-refractivity contribution in [1.29, 1.82) is 0 Å². The molecule has 1 aromatic carbocycles. The zero-order valence-electron chi connectivity index (χ0n) is 10.7. The third kappa shape index (κ3) is 2.83. The van der Waals surface area contributed by atoms with Crippen molar-refractivity contribution in [3.63, 3.8) is 0 Å². The molecule has 3 rings (SSSR count). The van der Waals surface area contributed by atoms with E-state index in [9.17, 15) is 4.39 Å². The van der Waals surface area contributed by atoms with Gasteiger partial charge in [0.15, 0.2) is 5.69 Å². The van der Waals surface area contributed by atoms with Crippen LogP contribution in [0.2, 0.25) is 0 Å². The topological polar surface area (TPSA) is 95.7 Å². The summed E-state index contributed by atoms with van der Waals surface area (Å²) in [6.45, 7) is 1.01. The van der Waals surface area contributed by atoms with Crippen LogP contribution in [0.3, 0.4) is 0 Å². The SMILES string of the molecule is NCCn1cc(-c2nc(-c3ccc(F)cc3Br)no2)nn1. The number of hydrogen-bond acceptors (Lipinski definition) is 6. The molecule has 2 N–H and O–H groups in total. The van der Waals surface area contributed by atoms with Crippen molar-refractivity contribution in [3.8, 4) is 23.0 Å². The van der Waals surface area contributed by atoms with Crippen molar-refractivity contribution >= 4 is 15.9 Å². The smallest absolute Gasteiger partial charge is 0.280 e. The van der Waals surface area contributed by atoms with Crippen molar-refractivity contribution < 1.29 is 8.91 Å². The lowest BCUT2D eigenvalue weighted by molar-refractivity contribution is 0.431. The van der Waals surface area contributed by atoms with Gasteiger partial charge in [0.1, 0.15) is 5.82 Å². The van der Waals surface area contributed by atoms with Crippen LogP contribution < -0.4 is 5.73 Å². The first-order chi connectivity index (χ1) is 10.2. The number of nitrogens with zero attached hydrogens (tertiary/aromatic N) is 5.